The first-order chi connectivity index (χ1) is 5.61. The second-order valence-electron chi connectivity index (χ2n) is 4.13. The molecule has 0 radical (unpaired) electrons. The topological polar surface area (TPSA) is 29.5 Å². The van der Waals surface area contributed by atoms with Gasteiger partial charge >= 0.3 is 5.97 Å². The number of carbonyl (C=O) groups excluding carboxylic acids is 1. The Morgan fingerprint density at radius 2 is 2.42 bits per heavy atom. The smallest absolute Gasteiger partial charge is 0.306 e. The molecule has 68 valence electrons. The predicted octanol–water partition coefficient (Wildman–Crippen LogP) is 0.786. The van der Waals surface area contributed by atoms with Gasteiger partial charge in [-0.25, -0.2) is 0 Å². The van der Waals surface area contributed by atoms with E-state index in [1.807, 2.05) is 0 Å². The summed E-state index contributed by atoms with van der Waals surface area (Å²) < 4.78 is 5.37. The molecule has 2 atom stereocenters. The van der Waals surface area contributed by atoms with Crippen molar-refractivity contribution < 1.29 is 9.53 Å². The average molecular weight is 169 g/mol. The molecule has 0 saturated carbocycles. The van der Waals surface area contributed by atoms with Gasteiger partial charge in [0.1, 0.15) is 5.60 Å². The van der Waals surface area contributed by atoms with Crippen LogP contribution >= 0.6 is 0 Å². The first-order valence-electron chi connectivity index (χ1n) is 4.53. The normalized spacial score (nSPS) is 42.5. The lowest BCUT2D eigenvalue weighted by molar-refractivity contribution is -0.147. The van der Waals surface area contributed by atoms with E-state index >= 15 is 0 Å². The molecule has 2 rings (SSSR count). The van der Waals surface area contributed by atoms with E-state index in [1.165, 1.54) is 0 Å². The average Bonchev–Trinajstić information content (AvgIpc) is 2.42. The van der Waals surface area contributed by atoms with E-state index in [2.05, 4.69) is 18.9 Å². The zero-order valence-electron chi connectivity index (χ0n) is 7.67. The Bertz CT molecular complexity index is 205. The number of ether oxygens (including phenoxy) is 1. The van der Waals surface area contributed by atoms with Gasteiger partial charge in [-0.15, -0.1) is 0 Å². The number of nitrogens with zero attached hydrogens (tertiary/aromatic N) is 1. The fourth-order valence-electron chi connectivity index (χ4n) is 2.30. The molecule has 3 heteroatoms. The highest BCUT2D eigenvalue weighted by molar-refractivity contribution is 5.72. The largest absolute Gasteiger partial charge is 0.458 e. The van der Waals surface area contributed by atoms with E-state index in [4.69, 9.17) is 4.74 Å². The molecule has 2 fully saturated rings. The van der Waals surface area contributed by atoms with Crippen molar-refractivity contribution in [1.82, 2.24) is 4.90 Å². The summed E-state index contributed by atoms with van der Waals surface area (Å²) in [6, 6.07) is 0.552. The zero-order valence-corrected chi connectivity index (χ0v) is 7.67. The van der Waals surface area contributed by atoms with Gasteiger partial charge in [0.15, 0.2) is 0 Å². The van der Waals surface area contributed by atoms with Gasteiger partial charge in [-0.05, 0) is 20.4 Å². The summed E-state index contributed by atoms with van der Waals surface area (Å²) in [6.07, 6.45) is 2.54. The SMILES string of the molecule is CC1CC2(CCC(=O)O2)CN1C. The van der Waals surface area contributed by atoms with Crippen molar-refractivity contribution in [2.24, 2.45) is 0 Å². The first-order valence-corrected chi connectivity index (χ1v) is 4.53. The number of rotatable bonds is 0. The van der Waals surface area contributed by atoms with Crippen LogP contribution in [-0.4, -0.2) is 36.1 Å². The van der Waals surface area contributed by atoms with E-state index in [9.17, 15) is 4.79 Å². The van der Waals surface area contributed by atoms with Crippen LogP contribution < -0.4 is 0 Å². The molecule has 2 aliphatic rings. The van der Waals surface area contributed by atoms with Crippen LogP contribution in [-0.2, 0) is 9.53 Å². The molecule has 12 heavy (non-hydrogen) atoms. The Hall–Kier alpha value is -0.570. The summed E-state index contributed by atoms with van der Waals surface area (Å²) in [7, 11) is 2.09. The Kier molecular flexibility index (Phi) is 1.65. The number of esters is 1. The molecule has 0 aromatic heterocycles. The Morgan fingerprint density at radius 3 is 2.83 bits per heavy atom. The van der Waals surface area contributed by atoms with Crippen LogP contribution in [0.15, 0.2) is 0 Å². The van der Waals surface area contributed by atoms with Crippen LogP contribution in [0, 0.1) is 0 Å². The van der Waals surface area contributed by atoms with Crippen LogP contribution in [0.1, 0.15) is 26.2 Å². The van der Waals surface area contributed by atoms with Crippen LogP contribution in [0.5, 0.6) is 0 Å². The minimum Gasteiger partial charge on any atom is -0.458 e. The van der Waals surface area contributed by atoms with Crippen molar-refractivity contribution in [1.29, 1.82) is 0 Å². The lowest BCUT2D eigenvalue weighted by Crippen LogP contribution is -2.31. The third kappa shape index (κ3) is 1.12. The fraction of sp³-hybridized carbons (Fsp3) is 0.889. The monoisotopic (exact) mass is 169 g/mol. The van der Waals surface area contributed by atoms with E-state index in [0.29, 0.717) is 12.5 Å². The maximum Gasteiger partial charge on any atom is 0.306 e. The number of likely N-dealkylation sites (tertiary alicyclic amines) is 1. The Balaban J connectivity index is 2.10. The quantitative estimate of drug-likeness (QED) is 0.502. The molecule has 2 unspecified atom stereocenters. The molecule has 2 saturated heterocycles. The minimum absolute atomic E-state index is 0.0162. The summed E-state index contributed by atoms with van der Waals surface area (Å²) in [5.74, 6) is -0.0162. The highest BCUT2D eigenvalue weighted by Crippen LogP contribution is 2.37. The van der Waals surface area contributed by atoms with Gasteiger partial charge < -0.3 is 4.74 Å². The highest BCUT2D eigenvalue weighted by atomic mass is 16.6. The van der Waals surface area contributed by atoms with Gasteiger partial charge in [-0.1, -0.05) is 0 Å². The summed E-state index contributed by atoms with van der Waals surface area (Å²) in [6.45, 7) is 3.10. The molecule has 1 spiro atoms. The second-order valence-corrected chi connectivity index (χ2v) is 4.13. The van der Waals surface area contributed by atoms with E-state index in [0.717, 1.165) is 19.4 Å². The molecule has 2 aliphatic heterocycles. The molecule has 0 bridgehead atoms. The minimum atomic E-state index is -0.120. The van der Waals surface area contributed by atoms with Crippen LogP contribution in [0.4, 0.5) is 0 Å². The summed E-state index contributed by atoms with van der Waals surface area (Å²) >= 11 is 0. The maximum absolute atomic E-state index is 11.0. The molecule has 0 amide bonds. The molecule has 0 aliphatic carbocycles. The Morgan fingerprint density at radius 1 is 1.67 bits per heavy atom. The van der Waals surface area contributed by atoms with Gasteiger partial charge in [0.25, 0.3) is 0 Å². The number of likely N-dealkylation sites (N-methyl/N-ethyl adjacent to an activating group) is 1. The van der Waals surface area contributed by atoms with Crippen molar-refractivity contribution in [3.63, 3.8) is 0 Å². The fourth-order valence-corrected chi connectivity index (χ4v) is 2.30. The molecule has 2 heterocycles. The van der Waals surface area contributed by atoms with Gasteiger partial charge in [0, 0.05) is 25.4 Å². The van der Waals surface area contributed by atoms with Gasteiger partial charge in [-0.2, -0.15) is 0 Å². The third-order valence-corrected chi connectivity index (χ3v) is 3.07. The van der Waals surface area contributed by atoms with Crippen molar-refractivity contribution in [2.75, 3.05) is 13.6 Å². The molecular formula is C9H15NO2. The van der Waals surface area contributed by atoms with E-state index in [-0.39, 0.29) is 11.6 Å². The summed E-state index contributed by atoms with van der Waals surface area (Å²) in [4.78, 5) is 13.2. The van der Waals surface area contributed by atoms with Gasteiger partial charge in [0.2, 0.25) is 0 Å². The lowest BCUT2D eigenvalue weighted by Gasteiger charge is -2.20. The second kappa shape index (κ2) is 2.46. The van der Waals surface area contributed by atoms with Crippen molar-refractivity contribution in [2.45, 2.75) is 37.8 Å². The first kappa shape index (κ1) is 8.05. The molecule has 0 N–H and O–H groups in total. The highest BCUT2D eigenvalue weighted by Gasteiger charge is 2.47. The van der Waals surface area contributed by atoms with E-state index < -0.39 is 0 Å². The molecular weight excluding hydrogens is 154 g/mol. The van der Waals surface area contributed by atoms with Crippen molar-refractivity contribution in [3.05, 3.63) is 0 Å². The zero-order chi connectivity index (χ0) is 8.77. The number of carbonyl (C=O) groups is 1. The summed E-state index contributed by atoms with van der Waals surface area (Å²) in [5.41, 5.74) is -0.120. The van der Waals surface area contributed by atoms with Gasteiger partial charge in [-0.3, -0.25) is 9.69 Å². The van der Waals surface area contributed by atoms with Crippen molar-refractivity contribution in [3.8, 4) is 0 Å². The van der Waals surface area contributed by atoms with Crippen LogP contribution in [0.25, 0.3) is 0 Å². The number of hydrogen-bond donors (Lipinski definition) is 0. The van der Waals surface area contributed by atoms with Gasteiger partial charge in [0.05, 0.1) is 0 Å². The maximum atomic E-state index is 11.0. The van der Waals surface area contributed by atoms with Crippen molar-refractivity contribution >= 4 is 5.97 Å². The van der Waals surface area contributed by atoms with Crippen LogP contribution in [0.3, 0.4) is 0 Å². The lowest BCUT2D eigenvalue weighted by atomic mass is 9.97. The molecule has 0 aromatic rings. The summed E-state index contributed by atoms with van der Waals surface area (Å²) in [5, 5.41) is 0. The standard InChI is InChI=1S/C9H15NO2/c1-7-5-9(6-10(7)2)4-3-8(11)12-9/h7H,3-6H2,1-2H3. The number of hydrogen-bond acceptors (Lipinski definition) is 3. The van der Waals surface area contributed by atoms with Crippen LogP contribution in [0.2, 0.25) is 0 Å². The molecule has 0 aromatic carbocycles. The Labute approximate surface area is 72.7 Å². The molecule has 3 nitrogen and oxygen atoms in total. The predicted molar refractivity (Wildman–Crippen MR) is 44.8 cm³/mol. The third-order valence-electron chi connectivity index (χ3n) is 3.07. The van der Waals surface area contributed by atoms with E-state index in [1.54, 1.807) is 0 Å².